The van der Waals surface area contributed by atoms with Crippen molar-refractivity contribution in [3.05, 3.63) is 40.4 Å². The average molecular weight is 377 g/mol. The van der Waals surface area contributed by atoms with Gasteiger partial charge in [0.2, 0.25) is 5.91 Å². The SMILES string of the molecule is CNc1ccc(CCc2nc(NC(C)=O)sc2CN(C)C)cc1.N=CN. The summed E-state index contributed by atoms with van der Waals surface area (Å²) in [6.07, 6.45) is 2.56. The first-order chi connectivity index (χ1) is 12.4. The molecule has 1 amide bonds. The Morgan fingerprint density at radius 1 is 1.31 bits per heavy atom. The van der Waals surface area contributed by atoms with Gasteiger partial charge in [0.25, 0.3) is 0 Å². The van der Waals surface area contributed by atoms with Crippen LogP contribution in [0.1, 0.15) is 23.1 Å². The molecule has 0 fully saturated rings. The summed E-state index contributed by atoms with van der Waals surface area (Å²) in [7, 11) is 6.00. The van der Waals surface area contributed by atoms with E-state index in [0.717, 1.165) is 37.1 Å². The normalized spacial score (nSPS) is 10.0. The molecule has 2 aromatic rings. The Kier molecular flexibility index (Phi) is 9.32. The molecule has 0 spiro atoms. The van der Waals surface area contributed by atoms with Crippen LogP contribution < -0.4 is 16.4 Å². The molecule has 1 aromatic carbocycles. The van der Waals surface area contributed by atoms with Gasteiger partial charge in [0, 0.05) is 31.1 Å². The number of amides is 1. The van der Waals surface area contributed by atoms with Crippen molar-refractivity contribution < 1.29 is 4.79 Å². The van der Waals surface area contributed by atoms with E-state index in [2.05, 4.69) is 50.5 Å². The van der Waals surface area contributed by atoms with Gasteiger partial charge in [-0.2, -0.15) is 0 Å². The molecule has 1 heterocycles. The molecular weight excluding hydrogens is 348 g/mol. The largest absolute Gasteiger partial charge is 0.390 e. The number of thiazole rings is 1. The van der Waals surface area contributed by atoms with Crippen molar-refractivity contribution >= 4 is 34.4 Å². The van der Waals surface area contributed by atoms with Gasteiger partial charge in [-0.25, -0.2) is 4.98 Å². The van der Waals surface area contributed by atoms with Gasteiger partial charge in [0.15, 0.2) is 5.13 Å². The second kappa shape index (κ2) is 11.2. The number of aryl methyl sites for hydroxylation is 2. The van der Waals surface area contributed by atoms with E-state index in [-0.39, 0.29) is 5.91 Å². The van der Waals surface area contributed by atoms with E-state index >= 15 is 0 Å². The van der Waals surface area contributed by atoms with Gasteiger partial charge in [-0.05, 0) is 44.6 Å². The van der Waals surface area contributed by atoms with Gasteiger partial charge in [0.1, 0.15) is 0 Å². The minimum absolute atomic E-state index is 0.0793. The molecule has 0 saturated heterocycles. The van der Waals surface area contributed by atoms with Crippen LogP contribution in [0.3, 0.4) is 0 Å². The number of hydrogen-bond donors (Lipinski definition) is 4. The third kappa shape index (κ3) is 7.62. The van der Waals surface area contributed by atoms with Crippen molar-refractivity contribution in [3.8, 4) is 0 Å². The highest BCUT2D eigenvalue weighted by atomic mass is 32.1. The summed E-state index contributed by atoms with van der Waals surface area (Å²) in [5.74, 6) is -0.0793. The predicted molar refractivity (Wildman–Crippen MR) is 110 cm³/mol. The van der Waals surface area contributed by atoms with Crippen LogP contribution in [0, 0.1) is 5.41 Å². The first-order valence-corrected chi connectivity index (χ1v) is 9.09. The minimum atomic E-state index is -0.0793. The Bertz CT molecular complexity index is 696. The van der Waals surface area contributed by atoms with E-state index in [0.29, 0.717) is 5.13 Å². The molecule has 0 saturated carbocycles. The quantitative estimate of drug-likeness (QED) is 0.439. The number of aromatic nitrogens is 1. The van der Waals surface area contributed by atoms with Crippen molar-refractivity contribution in [2.75, 3.05) is 31.8 Å². The Morgan fingerprint density at radius 2 is 1.92 bits per heavy atom. The molecule has 1 aromatic heterocycles. The number of hydrogen-bond acceptors (Lipinski definition) is 6. The number of carbonyl (C=O) groups excluding carboxylic acids is 1. The predicted octanol–water partition coefficient (Wildman–Crippen LogP) is 2.54. The Labute approximate surface area is 159 Å². The first-order valence-electron chi connectivity index (χ1n) is 8.27. The molecule has 0 atom stereocenters. The standard InChI is InChI=1S/C17H24N4OS.CH4N2/c1-12(22)19-17-20-15(16(23-17)11-21(3)4)10-7-13-5-8-14(18-2)9-6-13;2-1-3/h5-6,8-9,18H,7,10-11H2,1-4H3,(H,19,20,22);1H,(H3,2,3). The molecule has 0 aliphatic carbocycles. The highest BCUT2D eigenvalue weighted by Gasteiger charge is 2.13. The summed E-state index contributed by atoms with van der Waals surface area (Å²) < 4.78 is 0. The van der Waals surface area contributed by atoms with Crippen LogP contribution in [-0.4, -0.2) is 43.3 Å². The van der Waals surface area contributed by atoms with Crippen LogP contribution in [0.4, 0.5) is 10.8 Å². The maximum atomic E-state index is 11.2. The molecule has 26 heavy (non-hydrogen) atoms. The highest BCUT2D eigenvalue weighted by Crippen LogP contribution is 2.25. The molecule has 2 rings (SSSR count). The fourth-order valence-electron chi connectivity index (χ4n) is 2.29. The third-order valence-corrected chi connectivity index (χ3v) is 4.41. The number of nitrogens with one attached hydrogen (secondary N) is 3. The number of rotatable bonds is 7. The zero-order valence-electron chi connectivity index (χ0n) is 15.8. The van der Waals surface area contributed by atoms with E-state index in [4.69, 9.17) is 5.41 Å². The molecule has 7 nitrogen and oxygen atoms in total. The van der Waals surface area contributed by atoms with Crippen molar-refractivity contribution in [2.24, 2.45) is 5.73 Å². The van der Waals surface area contributed by atoms with Crippen LogP contribution in [0.15, 0.2) is 24.3 Å². The molecule has 8 heteroatoms. The third-order valence-electron chi connectivity index (χ3n) is 3.41. The molecule has 0 radical (unpaired) electrons. The summed E-state index contributed by atoms with van der Waals surface area (Å²) in [6.45, 7) is 2.35. The van der Waals surface area contributed by atoms with E-state index in [1.54, 1.807) is 11.3 Å². The van der Waals surface area contributed by atoms with Gasteiger partial charge in [0.05, 0.1) is 12.0 Å². The number of anilines is 2. The summed E-state index contributed by atoms with van der Waals surface area (Å²) in [5, 5.41) is 12.5. The van der Waals surface area contributed by atoms with Crippen LogP contribution in [0.5, 0.6) is 0 Å². The lowest BCUT2D eigenvalue weighted by Gasteiger charge is -2.09. The number of nitrogens with zero attached hydrogens (tertiary/aromatic N) is 2. The number of benzene rings is 1. The topological polar surface area (TPSA) is 107 Å². The molecule has 0 bridgehead atoms. The van der Waals surface area contributed by atoms with Gasteiger partial charge in [-0.1, -0.05) is 12.1 Å². The van der Waals surface area contributed by atoms with Crippen molar-refractivity contribution in [1.29, 1.82) is 5.41 Å². The molecule has 5 N–H and O–H groups in total. The van der Waals surface area contributed by atoms with Crippen molar-refractivity contribution in [3.63, 3.8) is 0 Å². The smallest absolute Gasteiger partial charge is 0.223 e. The lowest BCUT2D eigenvalue weighted by atomic mass is 10.1. The Morgan fingerprint density at radius 3 is 2.42 bits per heavy atom. The number of nitrogens with two attached hydrogens (primary N) is 1. The lowest BCUT2D eigenvalue weighted by Crippen LogP contribution is -2.11. The van der Waals surface area contributed by atoms with Gasteiger partial charge in [-0.3, -0.25) is 10.2 Å². The Balaban J connectivity index is 0.00000105. The molecule has 0 aliphatic heterocycles. The Hall–Kier alpha value is -2.45. The second-order valence-corrected chi connectivity index (χ2v) is 7.01. The summed E-state index contributed by atoms with van der Waals surface area (Å²) in [4.78, 5) is 19.2. The zero-order chi connectivity index (χ0) is 19.5. The fourth-order valence-corrected chi connectivity index (χ4v) is 3.47. The average Bonchev–Trinajstić information content (AvgIpc) is 2.94. The summed E-state index contributed by atoms with van der Waals surface area (Å²) >= 11 is 1.56. The fraction of sp³-hybridized carbons (Fsp3) is 0.389. The summed E-state index contributed by atoms with van der Waals surface area (Å²) in [5.41, 5.74) is 7.86. The zero-order valence-corrected chi connectivity index (χ0v) is 16.6. The first kappa shape index (κ1) is 21.6. The van der Waals surface area contributed by atoms with Crippen molar-refractivity contribution in [2.45, 2.75) is 26.3 Å². The van der Waals surface area contributed by atoms with Crippen LogP contribution in [0.25, 0.3) is 0 Å². The molecular formula is C18H28N6OS. The summed E-state index contributed by atoms with van der Waals surface area (Å²) in [6, 6.07) is 8.44. The van der Waals surface area contributed by atoms with E-state index in [1.807, 2.05) is 21.1 Å². The van der Waals surface area contributed by atoms with Crippen molar-refractivity contribution in [1.82, 2.24) is 9.88 Å². The molecule has 0 aliphatic rings. The van der Waals surface area contributed by atoms with Gasteiger partial charge >= 0.3 is 0 Å². The van der Waals surface area contributed by atoms with Crippen LogP contribution in [-0.2, 0) is 24.2 Å². The monoisotopic (exact) mass is 376 g/mol. The van der Waals surface area contributed by atoms with Gasteiger partial charge in [-0.15, -0.1) is 11.3 Å². The van der Waals surface area contributed by atoms with E-state index < -0.39 is 0 Å². The molecule has 142 valence electrons. The van der Waals surface area contributed by atoms with E-state index in [1.165, 1.54) is 17.4 Å². The molecule has 0 unspecified atom stereocenters. The van der Waals surface area contributed by atoms with Crippen LogP contribution >= 0.6 is 11.3 Å². The van der Waals surface area contributed by atoms with Gasteiger partial charge < -0.3 is 21.3 Å². The van der Waals surface area contributed by atoms with E-state index in [9.17, 15) is 4.79 Å². The number of carbonyl (C=O) groups is 1. The highest BCUT2D eigenvalue weighted by molar-refractivity contribution is 7.15. The van der Waals surface area contributed by atoms with Crippen LogP contribution in [0.2, 0.25) is 0 Å². The second-order valence-electron chi connectivity index (χ2n) is 5.92. The maximum Gasteiger partial charge on any atom is 0.223 e. The lowest BCUT2D eigenvalue weighted by molar-refractivity contribution is -0.114. The minimum Gasteiger partial charge on any atom is -0.390 e. The maximum absolute atomic E-state index is 11.2.